The molecule has 1 heterocycles. The standard InChI is InChI=1S/C11H10F2N2O4S2/c12-8-1-6(4-16)2-9(10(8)13)21(18,19)14-3-7-5-20-11(17)15-7/h1-2,5,14,16H,3-4H2,(H,15,17). The second-order valence-electron chi connectivity index (χ2n) is 4.05. The monoisotopic (exact) mass is 336 g/mol. The summed E-state index contributed by atoms with van der Waals surface area (Å²) in [7, 11) is -4.33. The number of aromatic nitrogens is 1. The summed E-state index contributed by atoms with van der Waals surface area (Å²) in [5, 5.41) is 10.3. The second-order valence-corrected chi connectivity index (χ2v) is 6.62. The first kappa shape index (κ1) is 15.8. The molecule has 21 heavy (non-hydrogen) atoms. The van der Waals surface area contributed by atoms with Crippen LogP contribution in [0, 0.1) is 11.6 Å². The number of aliphatic hydroxyl groups excluding tert-OH is 1. The van der Waals surface area contributed by atoms with E-state index in [4.69, 9.17) is 5.11 Å². The number of aliphatic hydroxyl groups is 1. The molecule has 0 aliphatic rings. The van der Waals surface area contributed by atoms with Crippen molar-refractivity contribution < 1.29 is 22.3 Å². The third kappa shape index (κ3) is 3.53. The van der Waals surface area contributed by atoms with Crippen LogP contribution in [0.3, 0.4) is 0 Å². The third-order valence-corrected chi connectivity index (χ3v) is 4.67. The predicted molar refractivity (Wildman–Crippen MR) is 71.2 cm³/mol. The van der Waals surface area contributed by atoms with Gasteiger partial charge in [0.15, 0.2) is 11.6 Å². The summed E-state index contributed by atoms with van der Waals surface area (Å²) in [4.78, 5) is 12.0. The van der Waals surface area contributed by atoms with Crippen LogP contribution in [0.4, 0.5) is 8.78 Å². The molecular weight excluding hydrogens is 326 g/mol. The number of H-pyrrole nitrogens is 1. The Morgan fingerprint density at radius 3 is 2.62 bits per heavy atom. The van der Waals surface area contributed by atoms with Crippen LogP contribution in [0.5, 0.6) is 0 Å². The SMILES string of the molecule is O=c1[nH]c(CNS(=O)(=O)c2cc(CO)cc(F)c2F)cs1. The molecule has 0 fully saturated rings. The first-order valence-electron chi connectivity index (χ1n) is 5.58. The summed E-state index contributed by atoms with van der Waals surface area (Å²) in [5.74, 6) is -2.90. The maximum atomic E-state index is 13.6. The lowest BCUT2D eigenvalue weighted by atomic mass is 10.2. The van der Waals surface area contributed by atoms with E-state index in [0.29, 0.717) is 11.8 Å². The lowest BCUT2D eigenvalue weighted by Crippen LogP contribution is -2.25. The van der Waals surface area contributed by atoms with Crippen LogP contribution < -0.4 is 9.60 Å². The molecule has 0 amide bonds. The molecule has 1 aromatic heterocycles. The minimum Gasteiger partial charge on any atom is -0.392 e. The van der Waals surface area contributed by atoms with E-state index in [1.54, 1.807) is 0 Å². The van der Waals surface area contributed by atoms with Crippen molar-refractivity contribution in [2.45, 2.75) is 18.0 Å². The van der Waals surface area contributed by atoms with Gasteiger partial charge in [-0.3, -0.25) is 4.79 Å². The molecule has 0 radical (unpaired) electrons. The Hall–Kier alpha value is -1.62. The average molecular weight is 336 g/mol. The molecular formula is C11H10F2N2O4S2. The summed E-state index contributed by atoms with van der Waals surface area (Å²) < 4.78 is 52.9. The van der Waals surface area contributed by atoms with Crippen molar-refractivity contribution in [1.82, 2.24) is 9.71 Å². The zero-order chi connectivity index (χ0) is 15.6. The van der Waals surface area contributed by atoms with Crippen LogP contribution in [0.15, 0.2) is 27.2 Å². The highest BCUT2D eigenvalue weighted by Crippen LogP contribution is 2.20. The molecule has 0 unspecified atom stereocenters. The minimum atomic E-state index is -4.33. The topological polar surface area (TPSA) is 99.3 Å². The van der Waals surface area contributed by atoms with Crippen LogP contribution >= 0.6 is 11.3 Å². The van der Waals surface area contributed by atoms with Crippen LogP contribution in [0.25, 0.3) is 0 Å². The Morgan fingerprint density at radius 1 is 1.33 bits per heavy atom. The Labute approximate surface area is 122 Å². The van der Waals surface area contributed by atoms with Crippen molar-refractivity contribution in [3.8, 4) is 0 Å². The molecule has 3 N–H and O–H groups in total. The summed E-state index contributed by atoms with van der Waals surface area (Å²) >= 11 is 0.849. The maximum absolute atomic E-state index is 13.6. The van der Waals surface area contributed by atoms with E-state index in [1.165, 1.54) is 5.38 Å². The van der Waals surface area contributed by atoms with Crippen molar-refractivity contribution in [2.75, 3.05) is 0 Å². The summed E-state index contributed by atoms with van der Waals surface area (Å²) in [6, 6.07) is 1.56. The van der Waals surface area contributed by atoms with Gasteiger partial charge in [0, 0.05) is 11.1 Å². The van der Waals surface area contributed by atoms with E-state index in [-0.39, 0.29) is 17.0 Å². The van der Waals surface area contributed by atoms with Gasteiger partial charge in [0.2, 0.25) is 10.0 Å². The van der Waals surface area contributed by atoms with Crippen molar-refractivity contribution in [2.24, 2.45) is 0 Å². The first-order chi connectivity index (χ1) is 9.83. The number of halogens is 2. The number of benzene rings is 1. The van der Waals surface area contributed by atoms with Gasteiger partial charge in [-0.05, 0) is 17.7 Å². The molecule has 0 aliphatic heterocycles. The summed E-state index contributed by atoms with van der Waals surface area (Å²) in [5.41, 5.74) is 0.228. The number of sulfonamides is 1. The van der Waals surface area contributed by atoms with E-state index in [1.807, 2.05) is 4.72 Å². The van der Waals surface area contributed by atoms with Crippen LogP contribution in [0.1, 0.15) is 11.3 Å². The lowest BCUT2D eigenvalue weighted by Gasteiger charge is -2.09. The molecule has 0 saturated heterocycles. The fraction of sp³-hybridized carbons (Fsp3) is 0.182. The highest BCUT2D eigenvalue weighted by Gasteiger charge is 2.23. The van der Waals surface area contributed by atoms with Crippen molar-refractivity contribution in [3.63, 3.8) is 0 Å². The molecule has 2 aromatic rings. The quantitative estimate of drug-likeness (QED) is 0.748. The van der Waals surface area contributed by atoms with Crippen LogP contribution in [-0.2, 0) is 23.2 Å². The molecule has 6 nitrogen and oxygen atoms in total. The van der Waals surface area contributed by atoms with Gasteiger partial charge in [-0.15, -0.1) is 0 Å². The van der Waals surface area contributed by atoms with Gasteiger partial charge in [-0.2, -0.15) is 0 Å². The predicted octanol–water partition coefficient (Wildman–Crippen LogP) is 0.685. The molecule has 114 valence electrons. The molecule has 0 spiro atoms. The Kier molecular flexibility index (Phi) is 4.52. The Balaban J connectivity index is 2.31. The highest BCUT2D eigenvalue weighted by molar-refractivity contribution is 7.89. The van der Waals surface area contributed by atoms with Crippen LogP contribution in [0.2, 0.25) is 0 Å². The highest BCUT2D eigenvalue weighted by atomic mass is 32.2. The van der Waals surface area contributed by atoms with Crippen LogP contribution in [-0.4, -0.2) is 18.5 Å². The second kappa shape index (κ2) is 6.02. The van der Waals surface area contributed by atoms with E-state index in [9.17, 15) is 22.0 Å². The molecule has 0 aliphatic carbocycles. The zero-order valence-electron chi connectivity index (χ0n) is 10.4. The molecule has 0 atom stereocenters. The van der Waals surface area contributed by atoms with Gasteiger partial charge in [-0.25, -0.2) is 21.9 Å². The van der Waals surface area contributed by atoms with E-state index >= 15 is 0 Å². The Bertz CT molecular complexity index is 814. The van der Waals surface area contributed by atoms with E-state index < -0.39 is 33.2 Å². The largest absolute Gasteiger partial charge is 0.392 e. The molecule has 0 saturated carbocycles. The minimum absolute atomic E-state index is 0.0711. The summed E-state index contributed by atoms with van der Waals surface area (Å²) in [6.45, 7) is -0.900. The van der Waals surface area contributed by atoms with Gasteiger partial charge < -0.3 is 10.1 Å². The smallest absolute Gasteiger partial charge is 0.304 e. The summed E-state index contributed by atoms with van der Waals surface area (Å²) in [6.07, 6.45) is 0. The van der Waals surface area contributed by atoms with Gasteiger partial charge in [0.25, 0.3) is 0 Å². The maximum Gasteiger partial charge on any atom is 0.304 e. The van der Waals surface area contributed by atoms with E-state index in [0.717, 1.165) is 17.4 Å². The number of aromatic amines is 1. The molecule has 0 bridgehead atoms. The molecule has 1 aromatic carbocycles. The van der Waals surface area contributed by atoms with Crippen molar-refractivity contribution >= 4 is 21.4 Å². The first-order valence-corrected chi connectivity index (χ1v) is 7.95. The van der Waals surface area contributed by atoms with Gasteiger partial charge in [0.1, 0.15) is 4.90 Å². The Morgan fingerprint density at radius 2 is 2.05 bits per heavy atom. The number of nitrogens with one attached hydrogen (secondary N) is 2. The third-order valence-electron chi connectivity index (χ3n) is 2.55. The van der Waals surface area contributed by atoms with Gasteiger partial charge >= 0.3 is 4.87 Å². The van der Waals surface area contributed by atoms with Gasteiger partial charge in [-0.1, -0.05) is 11.3 Å². The number of hydrogen-bond donors (Lipinski definition) is 3. The fourth-order valence-corrected chi connectivity index (χ4v) is 3.28. The zero-order valence-corrected chi connectivity index (χ0v) is 12.0. The van der Waals surface area contributed by atoms with Crippen molar-refractivity contribution in [3.05, 3.63) is 50.1 Å². The molecule has 10 heteroatoms. The number of thiazole rings is 1. The van der Waals surface area contributed by atoms with E-state index in [2.05, 4.69) is 4.98 Å². The normalized spacial score (nSPS) is 11.8. The van der Waals surface area contributed by atoms with Gasteiger partial charge in [0.05, 0.1) is 13.2 Å². The lowest BCUT2D eigenvalue weighted by molar-refractivity contribution is 0.280. The average Bonchev–Trinajstić information content (AvgIpc) is 2.85. The number of hydrogen-bond acceptors (Lipinski definition) is 5. The molecule has 2 rings (SSSR count). The fourth-order valence-electron chi connectivity index (χ4n) is 1.56. The van der Waals surface area contributed by atoms with Crippen molar-refractivity contribution in [1.29, 1.82) is 0 Å². The number of rotatable bonds is 5.